The van der Waals surface area contributed by atoms with Crippen molar-refractivity contribution in [3.05, 3.63) is 23.3 Å². The summed E-state index contributed by atoms with van der Waals surface area (Å²) in [6, 6.07) is 0. The number of nitrogens with two attached hydrogens (primary N) is 2. The predicted molar refractivity (Wildman–Crippen MR) is 152 cm³/mol. The minimum atomic E-state index is -5.45. The van der Waals surface area contributed by atoms with Crippen molar-refractivity contribution in [1.29, 1.82) is 0 Å². The minimum Gasteiger partial charge on any atom is -0.387 e. The molecule has 2 unspecified atom stereocenters. The number of fused-ring (bicyclic) bond motifs is 4. The number of hydrogen-bond donors (Lipinski definition) is 10. The van der Waals surface area contributed by atoms with Crippen LogP contribution in [-0.4, -0.2) is 133 Å². The first-order chi connectivity index (χ1) is 22.4. The lowest BCUT2D eigenvalue weighted by Crippen LogP contribution is -2.48. The third-order valence-electron chi connectivity index (χ3n) is 8.19. The van der Waals surface area contributed by atoms with Crippen molar-refractivity contribution in [1.82, 2.24) is 20.4 Å². The summed E-state index contributed by atoms with van der Waals surface area (Å²) in [6.07, 6.45) is -8.91. The molecule has 6 rings (SSSR count). The van der Waals surface area contributed by atoms with Gasteiger partial charge in [-0.25, -0.2) is 23.6 Å². The molecule has 24 nitrogen and oxygen atoms in total. The predicted octanol–water partition coefficient (Wildman–Crippen LogP) is -3.98. The normalized spacial score (nSPS) is 38.8. The number of carbonyl (C=O) groups is 1. The van der Waals surface area contributed by atoms with Crippen LogP contribution in [0.2, 0.25) is 0 Å². The van der Waals surface area contributed by atoms with Gasteiger partial charge in [0.15, 0.2) is 12.4 Å². The first-order valence-corrected chi connectivity index (χ1v) is 18.7. The number of hydrogen-bond acceptors (Lipinski definition) is 19. The molecular weight excluding hydrogens is 715 g/mol. The highest BCUT2D eigenvalue weighted by atomic mass is 31.3. The van der Waals surface area contributed by atoms with Crippen molar-refractivity contribution < 1.29 is 80.4 Å². The summed E-state index contributed by atoms with van der Waals surface area (Å²) >= 11 is 0. The summed E-state index contributed by atoms with van der Waals surface area (Å²) in [4.78, 5) is 57.9. The van der Waals surface area contributed by atoms with Gasteiger partial charge in [-0.15, -0.1) is 0 Å². The van der Waals surface area contributed by atoms with E-state index in [0.29, 0.717) is 24.1 Å². The third-order valence-corrected chi connectivity index (χ3v) is 11.3. The van der Waals surface area contributed by atoms with Crippen molar-refractivity contribution in [3.63, 3.8) is 0 Å². The van der Waals surface area contributed by atoms with Crippen LogP contribution < -0.4 is 22.1 Å². The molecule has 6 aliphatic heterocycles. The molecule has 6 aliphatic rings. The Morgan fingerprint density at radius 2 is 1.67 bits per heavy atom. The van der Waals surface area contributed by atoms with Gasteiger partial charge in [-0.1, -0.05) is 0 Å². The number of ether oxygens (including phenoxy) is 3. The summed E-state index contributed by atoms with van der Waals surface area (Å²) in [7, 11) is -16.1. The van der Waals surface area contributed by atoms with Crippen LogP contribution in [0.5, 0.6) is 0 Å². The van der Waals surface area contributed by atoms with Crippen LogP contribution in [0.3, 0.4) is 0 Å². The number of nitrogens with one attached hydrogen (secondary N) is 2. The molecule has 12 atom stereocenters. The van der Waals surface area contributed by atoms with Gasteiger partial charge in [0.25, 0.3) is 0 Å². The van der Waals surface area contributed by atoms with E-state index in [9.17, 15) is 48.3 Å². The maximum Gasteiger partial charge on any atom is 0.481 e. The van der Waals surface area contributed by atoms with Gasteiger partial charge < -0.3 is 71.0 Å². The molecule has 0 aromatic carbocycles. The van der Waals surface area contributed by atoms with Crippen LogP contribution in [0, 0.1) is 0 Å². The Bertz CT molecular complexity index is 1530. The van der Waals surface area contributed by atoms with Gasteiger partial charge in [-0.3, -0.25) is 18.4 Å². The number of carbonyl (C=O) groups excluding carboxylic acids is 1. The van der Waals surface area contributed by atoms with Gasteiger partial charge in [0.05, 0.1) is 31.9 Å². The third kappa shape index (κ3) is 7.36. The largest absolute Gasteiger partial charge is 0.481 e. The number of amides is 1. The van der Waals surface area contributed by atoms with Crippen molar-refractivity contribution in [3.8, 4) is 0 Å². The van der Waals surface area contributed by atoms with Crippen molar-refractivity contribution in [2.24, 2.45) is 16.5 Å². The monoisotopic (exact) mass is 749 g/mol. The number of aliphatic hydroxyl groups is 2. The number of nitrogens with zero attached hydrogens (tertiary/aromatic N) is 3. The Balaban J connectivity index is 1.04. The Labute approximate surface area is 270 Å². The average molecular weight is 749 g/mol. The van der Waals surface area contributed by atoms with Gasteiger partial charge in [0.1, 0.15) is 54.9 Å². The quantitative estimate of drug-likeness (QED) is 0.0850. The molecule has 0 aliphatic carbocycles. The highest BCUT2D eigenvalue weighted by Crippen LogP contribution is 2.61. The van der Waals surface area contributed by atoms with E-state index in [1.807, 2.05) is 0 Å². The minimum absolute atomic E-state index is 0.0327. The number of aliphatic hydroxyl groups excluding tert-OH is 2. The van der Waals surface area contributed by atoms with Crippen LogP contribution in [-0.2, 0) is 50.6 Å². The van der Waals surface area contributed by atoms with Gasteiger partial charge in [0.2, 0.25) is 5.91 Å². The highest BCUT2D eigenvalue weighted by Gasteiger charge is 2.56. The van der Waals surface area contributed by atoms with E-state index >= 15 is 0 Å². The van der Waals surface area contributed by atoms with E-state index in [-0.39, 0.29) is 12.5 Å². The Hall–Kier alpha value is -2.05. The maximum absolute atomic E-state index is 12.6. The average Bonchev–Trinajstić information content (AvgIpc) is 3.73. The zero-order valence-electron chi connectivity index (χ0n) is 24.5. The second-order valence-corrected chi connectivity index (χ2v) is 15.6. The van der Waals surface area contributed by atoms with Crippen molar-refractivity contribution in [2.75, 3.05) is 19.9 Å². The van der Waals surface area contributed by atoms with Crippen LogP contribution in [0.4, 0.5) is 0 Å². The lowest BCUT2D eigenvalue weighted by atomic mass is 10.1. The topological polar surface area (TPSA) is 349 Å². The molecule has 0 radical (unpaired) electrons. The molecule has 0 saturated carbocycles. The number of aliphatic imine (C=N–C) groups is 1. The van der Waals surface area contributed by atoms with Crippen molar-refractivity contribution >= 4 is 35.7 Å². The second kappa shape index (κ2) is 13.2. The fraction of sp³-hybridized carbons (Fsp3) is 0.714. The van der Waals surface area contributed by atoms with E-state index in [4.69, 9.17) is 39.2 Å². The maximum atomic E-state index is 12.6. The van der Waals surface area contributed by atoms with E-state index < -0.39 is 104 Å². The molecule has 4 fully saturated rings. The molecule has 0 bridgehead atoms. The van der Waals surface area contributed by atoms with E-state index in [1.54, 1.807) is 4.90 Å². The molecule has 270 valence electrons. The molecule has 6 heterocycles. The molecule has 0 aromatic heterocycles. The standard InChI is InChI=1S/C21H34N7O17P3/c22-17-12-19(25-6-24-17)28(7-26-12)21-16(44-46(32,33)34)14(30)10(42-21)5-40-48(37,38)45-47(35,36)39-4-9-13(29)15-20(41-9)27-3-8(18(23)31)1-2-11(27)43-15/h3,6,9-11,13-16,19-21,26,29-30H,1-2,4-5,7,22H2,(H2,23,31)(H,24,25)(H,35,36)(H,37,38)(H2,32,33,34)/t9-,10-,11-,13-,14-,15-,16-,19+,20-,21-/m1/s1. The van der Waals surface area contributed by atoms with Gasteiger partial charge >= 0.3 is 23.5 Å². The number of rotatable bonds is 12. The Kier molecular flexibility index (Phi) is 9.87. The first-order valence-electron chi connectivity index (χ1n) is 14.2. The second-order valence-electron chi connectivity index (χ2n) is 11.3. The van der Waals surface area contributed by atoms with Gasteiger partial charge in [-0.05, 0) is 12.8 Å². The fourth-order valence-corrected chi connectivity index (χ4v) is 8.69. The van der Waals surface area contributed by atoms with Gasteiger partial charge in [-0.2, -0.15) is 4.31 Å². The number of phosphoric ester groups is 3. The number of primary amides is 1. The first kappa shape index (κ1) is 35.8. The van der Waals surface area contributed by atoms with Crippen LogP contribution in [0.15, 0.2) is 28.3 Å². The van der Waals surface area contributed by atoms with Crippen LogP contribution in [0.25, 0.3) is 0 Å². The molecular formula is C21H34N7O17P3. The highest BCUT2D eigenvalue weighted by molar-refractivity contribution is 7.61. The van der Waals surface area contributed by atoms with Crippen molar-refractivity contribution in [2.45, 2.75) is 74.3 Å². The molecule has 48 heavy (non-hydrogen) atoms. The summed E-state index contributed by atoms with van der Waals surface area (Å²) in [6.45, 7) is -1.85. The van der Waals surface area contributed by atoms with E-state index in [0.717, 1.165) is 0 Å². The lowest BCUT2D eigenvalue weighted by Gasteiger charge is -2.31. The smallest absolute Gasteiger partial charge is 0.387 e. The van der Waals surface area contributed by atoms with Crippen LogP contribution >= 0.6 is 23.5 Å². The molecule has 1 amide bonds. The van der Waals surface area contributed by atoms with Crippen LogP contribution in [0.1, 0.15) is 12.8 Å². The summed E-state index contributed by atoms with van der Waals surface area (Å²) < 4.78 is 72.7. The van der Waals surface area contributed by atoms with E-state index in [1.165, 1.54) is 17.4 Å². The zero-order valence-corrected chi connectivity index (χ0v) is 27.2. The summed E-state index contributed by atoms with van der Waals surface area (Å²) in [5, 5.41) is 27.1. The Morgan fingerprint density at radius 3 is 2.31 bits per heavy atom. The zero-order chi connectivity index (χ0) is 34.8. The molecule has 27 heteroatoms. The molecule has 0 aromatic rings. The summed E-state index contributed by atoms with van der Waals surface area (Å²) in [5.74, 6) is -0.431. The molecule has 4 saturated heterocycles. The van der Waals surface area contributed by atoms with Gasteiger partial charge in [0, 0.05) is 11.8 Å². The molecule has 0 spiro atoms. The Morgan fingerprint density at radius 1 is 1.02 bits per heavy atom. The van der Waals surface area contributed by atoms with E-state index in [2.05, 4.69) is 19.9 Å². The SMILES string of the molecule is NC(=O)C1=CN2[C@@H]3O[C@H](COP(=O)(O)OP(=O)(O)OC[C@H]4O[C@@H](N5CNC6=C(N)NC=N[C@H]65)[C@H](OP(=O)(O)O)[C@@H]4O)[C@@H](O)[C@H]3O[C@@H]2CC1. The molecule has 12 N–H and O–H groups in total. The lowest BCUT2D eigenvalue weighted by molar-refractivity contribution is -0.116. The fourth-order valence-electron chi connectivity index (χ4n) is 6.05. The number of phosphoric acid groups is 3. The summed E-state index contributed by atoms with van der Waals surface area (Å²) in [5.41, 5.74) is 12.0.